The molecule has 0 radical (unpaired) electrons. The van der Waals surface area contributed by atoms with Crippen LogP contribution in [0.25, 0.3) is 0 Å². The SMILES string of the molecule is OC1(CCC2CCCO2)CCC(c2ccccc2)CC1. The van der Waals surface area contributed by atoms with Crippen molar-refractivity contribution in [3.63, 3.8) is 0 Å². The van der Waals surface area contributed by atoms with E-state index in [0.29, 0.717) is 12.0 Å². The van der Waals surface area contributed by atoms with Crippen LogP contribution in [0.4, 0.5) is 0 Å². The molecule has 20 heavy (non-hydrogen) atoms. The van der Waals surface area contributed by atoms with Crippen LogP contribution < -0.4 is 0 Å². The van der Waals surface area contributed by atoms with Crippen molar-refractivity contribution >= 4 is 0 Å². The number of aliphatic hydroxyl groups is 1. The van der Waals surface area contributed by atoms with Gasteiger partial charge in [0, 0.05) is 6.61 Å². The standard InChI is InChI=1S/C18H26O2/c19-18(13-10-17-7-4-14-20-17)11-8-16(9-12-18)15-5-2-1-3-6-15/h1-3,5-6,16-17,19H,4,7-14H2. The van der Waals surface area contributed by atoms with E-state index in [1.54, 1.807) is 0 Å². The van der Waals surface area contributed by atoms with Crippen molar-refractivity contribution in [2.24, 2.45) is 0 Å². The summed E-state index contributed by atoms with van der Waals surface area (Å²) in [6.45, 7) is 0.916. The molecule has 1 aromatic carbocycles. The third kappa shape index (κ3) is 3.42. The van der Waals surface area contributed by atoms with Crippen molar-refractivity contribution < 1.29 is 9.84 Å². The second-order valence-corrected chi connectivity index (χ2v) is 6.58. The fraction of sp³-hybridized carbons (Fsp3) is 0.667. The van der Waals surface area contributed by atoms with E-state index in [1.807, 2.05) is 0 Å². The van der Waals surface area contributed by atoms with Crippen LogP contribution in [0.1, 0.15) is 62.8 Å². The average molecular weight is 274 g/mol. The quantitative estimate of drug-likeness (QED) is 0.898. The molecule has 1 heterocycles. The molecule has 1 aliphatic heterocycles. The predicted molar refractivity (Wildman–Crippen MR) is 80.8 cm³/mol. The largest absolute Gasteiger partial charge is 0.390 e. The van der Waals surface area contributed by atoms with Gasteiger partial charge >= 0.3 is 0 Å². The molecule has 1 aliphatic carbocycles. The van der Waals surface area contributed by atoms with E-state index in [4.69, 9.17) is 4.74 Å². The maximum Gasteiger partial charge on any atom is 0.0649 e. The van der Waals surface area contributed by atoms with Crippen molar-refractivity contribution in [1.29, 1.82) is 0 Å². The van der Waals surface area contributed by atoms with E-state index in [2.05, 4.69) is 30.3 Å². The number of ether oxygens (including phenoxy) is 1. The van der Waals surface area contributed by atoms with Gasteiger partial charge in [0.15, 0.2) is 0 Å². The van der Waals surface area contributed by atoms with Crippen LogP contribution in [0.5, 0.6) is 0 Å². The molecule has 2 aliphatic rings. The minimum absolute atomic E-state index is 0.408. The number of benzene rings is 1. The first-order chi connectivity index (χ1) is 9.75. The van der Waals surface area contributed by atoms with Crippen LogP contribution in [0, 0.1) is 0 Å². The lowest BCUT2D eigenvalue weighted by Gasteiger charge is -2.36. The van der Waals surface area contributed by atoms with Crippen LogP contribution in [0.15, 0.2) is 30.3 Å². The highest BCUT2D eigenvalue weighted by Crippen LogP contribution is 2.40. The van der Waals surface area contributed by atoms with Gasteiger partial charge in [-0.1, -0.05) is 30.3 Å². The second-order valence-electron chi connectivity index (χ2n) is 6.58. The van der Waals surface area contributed by atoms with Gasteiger partial charge in [-0.3, -0.25) is 0 Å². The predicted octanol–water partition coefficient (Wildman–Crippen LogP) is 4.03. The van der Waals surface area contributed by atoms with Gasteiger partial charge in [-0.25, -0.2) is 0 Å². The highest BCUT2D eigenvalue weighted by atomic mass is 16.5. The second kappa shape index (κ2) is 6.28. The highest BCUT2D eigenvalue weighted by molar-refractivity contribution is 5.20. The molecule has 3 rings (SSSR count). The molecule has 0 aromatic heterocycles. The molecule has 0 spiro atoms. The number of hydrogen-bond acceptors (Lipinski definition) is 2. The van der Waals surface area contributed by atoms with Gasteiger partial charge in [0.25, 0.3) is 0 Å². The molecule has 2 heteroatoms. The summed E-state index contributed by atoms with van der Waals surface area (Å²) in [6, 6.07) is 10.8. The lowest BCUT2D eigenvalue weighted by molar-refractivity contribution is -0.0222. The van der Waals surface area contributed by atoms with E-state index in [9.17, 15) is 5.11 Å². The van der Waals surface area contributed by atoms with Gasteiger partial charge in [0.2, 0.25) is 0 Å². The van der Waals surface area contributed by atoms with Crippen molar-refractivity contribution in [3.8, 4) is 0 Å². The third-order valence-corrected chi connectivity index (χ3v) is 5.14. The van der Waals surface area contributed by atoms with Gasteiger partial charge < -0.3 is 9.84 Å². The van der Waals surface area contributed by atoms with Crippen molar-refractivity contribution in [2.45, 2.75) is 69.0 Å². The zero-order valence-electron chi connectivity index (χ0n) is 12.3. The smallest absolute Gasteiger partial charge is 0.0649 e. The van der Waals surface area contributed by atoms with E-state index < -0.39 is 5.60 Å². The first kappa shape index (κ1) is 14.1. The summed E-state index contributed by atoms with van der Waals surface area (Å²) in [4.78, 5) is 0. The highest BCUT2D eigenvalue weighted by Gasteiger charge is 2.34. The third-order valence-electron chi connectivity index (χ3n) is 5.14. The fourth-order valence-electron chi connectivity index (χ4n) is 3.77. The fourth-order valence-corrected chi connectivity index (χ4v) is 3.77. The Labute approximate surface area is 122 Å². The van der Waals surface area contributed by atoms with Crippen molar-refractivity contribution in [1.82, 2.24) is 0 Å². The Hall–Kier alpha value is -0.860. The van der Waals surface area contributed by atoms with Gasteiger partial charge in [0.1, 0.15) is 0 Å². The molecule has 110 valence electrons. The summed E-state index contributed by atoms with van der Waals surface area (Å²) in [5, 5.41) is 10.7. The lowest BCUT2D eigenvalue weighted by atomic mass is 9.74. The van der Waals surface area contributed by atoms with Gasteiger partial charge in [0.05, 0.1) is 11.7 Å². The summed E-state index contributed by atoms with van der Waals surface area (Å²) in [5.41, 5.74) is 1.01. The summed E-state index contributed by atoms with van der Waals surface area (Å²) < 4.78 is 5.67. The van der Waals surface area contributed by atoms with Crippen LogP contribution in [-0.4, -0.2) is 23.4 Å². The molecule has 2 nitrogen and oxygen atoms in total. The van der Waals surface area contributed by atoms with Crippen LogP contribution in [-0.2, 0) is 4.74 Å². The van der Waals surface area contributed by atoms with Crippen molar-refractivity contribution in [3.05, 3.63) is 35.9 Å². The molecule has 1 unspecified atom stereocenters. The molecule has 1 aromatic rings. The first-order valence-electron chi connectivity index (χ1n) is 8.14. The Balaban J connectivity index is 1.49. The van der Waals surface area contributed by atoms with Gasteiger partial charge in [-0.2, -0.15) is 0 Å². The Kier molecular flexibility index (Phi) is 4.42. The molecule has 1 atom stereocenters. The van der Waals surface area contributed by atoms with Gasteiger partial charge in [-0.05, 0) is 62.8 Å². The lowest BCUT2D eigenvalue weighted by Crippen LogP contribution is -2.34. The first-order valence-corrected chi connectivity index (χ1v) is 8.14. The minimum Gasteiger partial charge on any atom is -0.390 e. The molecule has 1 N–H and O–H groups in total. The van der Waals surface area contributed by atoms with E-state index in [0.717, 1.165) is 45.1 Å². The van der Waals surface area contributed by atoms with Crippen LogP contribution >= 0.6 is 0 Å². The average Bonchev–Trinajstić information content (AvgIpc) is 3.01. The summed E-state index contributed by atoms with van der Waals surface area (Å²) in [5.74, 6) is 0.638. The molecular weight excluding hydrogens is 248 g/mol. The van der Waals surface area contributed by atoms with E-state index >= 15 is 0 Å². The van der Waals surface area contributed by atoms with Crippen LogP contribution in [0.2, 0.25) is 0 Å². The maximum absolute atomic E-state index is 10.7. The zero-order chi connectivity index (χ0) is 13.8. The van der Waals surface area contributed by atoms with E-state index in [-0.39, 0.29) is 0 Å². The summed E-state index contributed by atoms with van der Waals surface area (Å²) >= 11 is 0. The number of rotatable bonds is 4. The van der Waals surface area contributed by atoms with Crippen LogP contribution in [0.3, 0.4) is 0 Å². The van der Waals surface area contributed by atoms with Crippen molar-refractivity contribution in [2.75, 3.05) is 6.61 Å². The topological polar surface area (TPSA) is 29.5 Å². The summed E-state index contributed by atoms with van der Waals surface area (Å²) in [6.07, 6.45) is 8.86. The molecular formula is C18H26O2. The molecule has 0 bridgehead atoms. The monoisotopic (exact) mass is 274 g/mol. The molecule has 0 amide bonds. The zero-order valence-corrected chi connectivity index (χ0v) is 12.3. The minimum atomic E-state index is -0.433. The molecule has 1 saturated carbocycles. The number of hydrogen-bond donors (Lipinski definition) is 1. The molecule has 1 saturated heterocycles. The maximum atomic E-state index is 10.7. The Morgan fingerprint density at radius 3 is 2.50 bits per heavy atom. The molecule has 2 fully saturated rings. The normalized spacial score (nSPS) is 34.2. The Morgan fingerprint density at radius 1 is 1.10 bits per heavy atom. The van der Waals surface area contributed by atoms with E-state index in [1.165, 1.54) is 18.4 Å². The Bertz CT molecular complexity index is 401. The summed E-state index contributed by atoms with van der Waals surface area (Å²) in [7, 11) is 0. The van der Waals surface area contributed by atoms with Gasteiger partial charge in [-0.15, -0.1) is 0 Å². The Morgan fingerprint density at radius 2 is 1.85 bits per heavy atom.